The minimum Gasteiger partial charge on any atom is -0.311 e. The number of hydrogen-bond acceptors (Lipinski definition) is 2. The molecule has 1 unspecified atom stereocenters. The maximum atomic E-state index is 6.07. The van der Waals surface area contributed by atoms with E-state index in [9.17, 15) is 0 Å². The fourth-order valence-corrected chi connectivity index (χ4v) is 4.36. The average molecular weight is 320 g/mol. The molecule has 1 fully saturated rings. The molecule has 0 amide bonds. The lowest BCUT2D eigenvalue weighted by Gasteiger charge is -2.38. The van der Waals surface area contributed by atoms with Crippen LogP contribution in [0.4, 0.5) is 0 Å². The van der Waals surface area contributed by atoms with Crippen molar-refractivity contribution < 1.29 is 0 Å². The Labute approximate surface area is 136 Å². The van der Waals surface area contributed by atoms with E-state index >= 15 is 0 Å². The molecule has 1 aromatic heterocycles. The fraction of sp³-hybridized carbons (Fsp3) is 0.444. The van der Waals surface area contributed by atoms with Gasteiger partial charge in [-0.05, 0) is 68.9 Å². The zero-order valence-electron chi connectivity index (χ0n) is 12.6. The van der Waals surface area contributed by atoms with Crippen molar-refractivity contribution >= 4 is 22.9 Å². The van der Waals surface area contributed by atoms with Crippen molar-refractivity contribution in [2.24, 2.45) is 0 Å². The van der Waals surface area contributed by atoms with Gasteiger partial charge in [0.15, 0.2) is 0 Å². The molecule has 21 heavy (non-hydrogen) atoms. The maximum Gasteiger partial charge on any atom is 0.0408 e. The highest BCUT2D eigenvalue weighted by atomic mass is 35.5. The largest absolute Gasteiger partial charge is 0.311 e. The van der Waals surface area contributed by atoms with Gasteiger partial charge >= 0.3 is 0 Å². The van der Waals surface area contributed by atoms with Crippen LogP contribution in [0.15, 0.2) is 36.4 Å². The summed E-state index contributed by atoms with van der Waals surface area (Å²) in [4.78, 5) is 2.89. The second kappa shape index (κ2) is 6.51. The van der Waals surface area contributed by atoms with Gasteiger partial charge in [-0.3, -0.25) is 0 Å². The first-order chi connectivity index (χ1) is 10.1. The monoisotopic (exact) mass is 319 g/mol. The summed E-state index contributed by atoms with van der Waals surface area (Å²) >= 11 is 7.98. The Bertz CT molecular complexity index is 601. The molecule has 1 aliphatic carbocycles. The molecule has 2 aromatic rings. The van der Waals surface area contributed by atoms with Gasteiger partial charge in [0.1, 0.15) is 0 Å². The van der Waals surface area contributed by atoms with Crippen molar-refractivity contribution in [3.05, 3.63) is 56.7 Å². The molecule has 0 spiro atoms. The van der Waals surface area contributed by atoms with E-state index in [0.717, 1.165) is 11.4 Å². The number of benzene rings is 1. The van der Waals surface area contributed by atoms with E-state index in [-0.39, 0.29) is 0 Å². The predicted octanol–water partition coefficient (Wildman–Crippen LogP) is 5.18. The van der Waals surface area contributed by atoms with E-state index in [2.05, 4.69) is 49.5 Å². The maximum absolute atomic E-state index is 6.07. The zero-order valence-corrected chi connectivity index (χ0v) is 14.2. The number of thiophene rings is 1. The second-order valence-corrected chi connectivity index (χ2v) is 8.01. The summed E-state index contributed by atoms with van der Waals surface area (Å²) in [5.74, 6) is 0.678. The predicted molar refractivity (Wildman–Crippen MR) is 92.6 cm³/mol. The van der Waals surface area contributed by atoms with Crippen LogP contribution in [-0.2, 0) is 6.42 Å². The molecule has 3 heteroatoms. The van der Waals surface area contributed by atoms with Crippen LogP contribution < -0.4 is 5.32 Å². The van der Waals surface area contributed by atoms with Crippen LogP contribution in [0.25, 0.3) is 0 Å². The van der Waals surface area contributed by atoms with Gasteiger partial charge in [-0.25, -0.2) is 0 Å². The lowest BCUT2D eigenvalue weighted by Crippen LogP contribution is -2.45. The average Bonchev–Trinajstić information content (AvgIpc) is 2.78. The Balaban J connectivity index is 1.46. The highest BCUT2D eigenvalue weighted by Crippen LogP contribution is 2.37. The first kappa shape index (κ1) is 15.1. The Morgan fingerprint density at radius 2 is 2.10 bits per heavy atom. The number of nitrogens with one attached hydrogen (secondary N) is 1. The smallest absolute Gasteiger partial charge is 0.0408 e. The molecule has 112 valence electrons. The van der Waals surface area contributed by atoms with E-state index in [4.69, 9.17) is 11.6 Å². The van der Waals surface area contributed by atoms with Crippen molar-refractivity contribution in [2.45, 2.75) is 51.1 Å². The molecule has 1 saturated carbocycles. The molecule has 0 bridgehead atoms. The third-order valence-corrected chi connectivity index (χ3v) is 5.54. The highest BCUT2D eigenvalue weighted by molar-refractivity contribution is 7.11. The van der Waals surface area contributed by atoms with Gasteiger partial charge in [-0.2, -0.15) is 0 Å². The van der Waals surface area contributed by atoms with Crippen molar-refractivity contribution in [1.82, 2.24) is 5.32 Å². The quantitative estimate of drug-likeness (QED) is 0.801. The van der Waals surface area contributed by atoms with Crippen LogP contribution in [0.1, 0.15) is 41.0 Å². The van der Waals surface area contributed by atoms with Gasteiger partial charge in [0.2, 0.25) is 0 Å². The molecule has 0 aliphatic heterocycles. The molecule has 1 aliphatic rings. The standard InChI is InChI=1S/C18H22ClNS/c1-12(8-18-7-6-13(2)21-18)20-17-10-15(11-17)14-4-3-5-16(19)9-14/h3-7,9,12,15,17,20H,8,10-11H2,1-2H3. The van der Waals surface area contributed by atoms with Gasteiger partial charge < -0.3 is 5.32 Å². The van der Waals surface area contributed by atoms with E-state index in [1.807, 2.05) is 17.4 Å². The normalized spacial score (nSPS) is 22.8. The summed E-state index contributed by atoms with van der Waals surface area (Å²) in [6, 6.07) is 14.0. The summed E-state index contributed by atoms with van der Waals surface area (Å²) in [6.45, 7) is 4.47. The van der Waals surface area contributed by atoms with Crippen LogP contribution in [0, 0.1) is 6.92 Å². The SMILES string of the molecule is Cc1ccc(CC(C)NC2CC(c3cccc(Cl)c3)C2)s1. The van der Waals surface area contributed by atoms with Crippen LogP contribution >= 0.6 is 22.9 Å². The van der Waals surface area contributed by atoms with E-state index in [1.54, 1.807) is 0 Å². The van der Waals surface area contributed by atoms with Crippen LogP contribution in [-0.4, -0.2) is 12.1 Å². The number of aryl methyl sites for hydroxylation is 1. The first-order valence-electron chi connectivity index (χ1n) is 7.67. The molecular formula is C18H22ClNS. The summed E-state index contributed by atoms with van der Waals surface area (Å²) in [5, 5.41) is 4.61. The molecule has 0 radical (unpaired) electrons. The molecule has 1 aromatic carbocycles. The van der Waals surface area contributed by atoms with Gasteiger partial charge in [-0.15, -0.1) is 11.3 Å². The minimum absolute atomic E-state index is 0.549. The van der Waals surface area contributed by atoms with E-state index in [0.29, 0.717) is 18.0 Å². The molecule has 1 heterocycles. The fourth-order valence-electron chi connectivity index (χ4n) is 3.14. The number of rotatable bonds is 5. The molecule has 0 saturated heterocycles. The Kier molecular flexibility index (Phi) is 4.68. The Morgan fingerprint density at radius 1 is 1.29 bits per heavy atom. The van der Waals surface area contributed by atoms with E-state index < -0.39 is 0 Å². The molecule has 1 atom stereocenters. The van der Waals surface area contributed by atoms with E-state index in [1.165, 1.54) is 28.2 Å². The van der Waals surface area contributed by atoms with Crippen molar-refractivity contribution in [3.63, 3.8) is 0 Å². The Morgan fingerprint density at radius 3 is 2.76 bits per heavy atom. The third-order valence-electron chi connectivity index (χ3n) is 4.28. The topological polar surface area (TPSA) is 12.0 Å². The summed E-state index contributed by atoms with van der Waals surface area (Å²) in [5.41, 5.74) is 1.39. The van der Waals surface area contributed by atoms with Gasteiger partial charge in [0, 0.05) is 26.9 Å². The molecular weight excluding hydrogens is 298 g/mol. The zero-order chi connectivity index (χ0) is 14.8. The molecule has 1 N–H and O–H groups in total. The lowest BCUT2D eigenvalue weighted by atomic mass is 9.75. The summed E-state index contributed by atoms with van der Waals surface area (Å²) < 4.78 is 0. The highest BCUT2D eigenvalue weighted by Gasteiger charge is 2.30. The number of halogens is 1. The Hall–Kier alpha value is -0.830. The van der Waals surface area contributed by atoms with Crippen LogP contribution in [0.3, 0.4) is 0 Å². The summed E-state index contributed by atoms with van der Waals surface area (Å²) in [7, 11) is 0. The van der Waals surface area contributed by atoms with Crippen LogP contribution in [0.5, 0.6) is 0 Å². The lowest BCUT2D eigenvalue weighted by molar-refractivity contribution is 0.269. The third kappa shape index (κ3) is 3.88. The van der Waals surface area contributed by atoms with Crippen molar-refractivity contribution in [2.75, 3.05) is 0 Å². The minimum atomic E-state index is 0.549. The number of hydrogen-bond donors (Lipinski definition) is 1. The van der Waals surface area contributed by atoms with Crippen molar-refractivity contribution in [1.29, 1.82) is 0 Å². The second-order valence-electron chi connectivity index (χ2n) is 6.20. The summed E-state index contributed by atoms with van der Waals surface area (Å²) in [6.07, 6.45) is 3.60. The van der Waals surface area contributed by atoms with Gasteiger partial charge in [0.05, 0.1) is 0 Å². The van der Waals surface area contributed by atoms with Crippen molar-refractivity contribution in [3.8, 4) is 0 Å². The molecule has 1 nitrogen and oxygen atoms in total. The molecule has 3 rings (SSSR count). The first-order valence-corrected chi connectivity index (χ1v) is 8.86. The van der Waals surface area contributed by atoms with Gasteiger partial charge in [-0.1, -0.05) is 23.7 Å². The van der Waals surface area contributed by atoms with Gasteiger partial charge in [0.25, 0.3) is 0 Å². The van der Waals surface area contributed by atoms with Crippen LogP contribution in [0.2, 0.25) is 5.02 Å².